The van der Waals surface area contributed by atoms with Gasteiger partial charge in [0, 0.05) is 11.4 Å². The maximum atomic E-state index is 4.69. The fraction of sp³-hybridized carbons (Fsp3) is 0.400. The number of anilines is 1. The average Bonchev–Trinajstić information content (AvgIpc) is 2.81. The van der Waals surface area contributed by atoms with Crippen molar-refractivity contribution in [3.8, 4) is 0 Å². The lowest BCUT2D eigenvalue weighted by molar-refractivity contribution is 0.682. The first-order chi connectivity index (χ1) is 8.81. The van der Waals surface area contributed by atoms with Gasteiger partial charge in [-0.15, -0.1) is 11.3 Å². The highest BCUT2D eigenvalue weighted by Crippen LogP contribution is 2.29. The first-order valence-electron chi connectivity index (χ1n) is 6.59. The third-order valence-electron chi connectivity index (χ3n) is 3.41. The van der Waals surface area contributed by atoms with Crippen LogP contribution in [0, 0.1) is 6.92 Å². The van der Waals surface area contributed by atoms with E-state index in [1.54, 1.807) is 0 Å². The molecule has 0 saturated carbocycles. The van der Waals surface area contributed by atoms with Gasteiger partial charge >= 0.3 is 0 Å². The predicted octanol–water partition coefficient (Wildman–Crippen LogP) is 3.94. The molecule has 1 aliphatic carbocycles. The standard InChI is InChI=1S/C15H18N2S/c1-11-6-8-12(9-7-11)10-16-15-17-13-4-2-3-5-14(13)18-15/h6-9H,2-5,10H2,1H3,(H,16,17). The number of thiazole rings is 1. The number of nitrogens with one attached hydrogen (secondary N) is 1. The van der Waals surface area contributed by atoms with Crippen LogP contribution in [0.5, 0.6) is 0 Å². The van der Waals surface area contributed by atoms with Gasteiger partial charge in [-0.3, -0.25) is 0 Å². The number of rotatable bonds is 3. The molecule has 2 nitrogen and oxygen atoms in total. The number of benzene rings is 1. The Bertz CT molecular complexity index is 504. The Kier molecular flexibility index (Phi) is 3.33. The highest BCUT2D eigenvalue weighted by molar-refractivity contribution is 7.15. The van der Waals surface area contributed by atoms with Crippen molar-refractivity contribution in [1.29, 1.82) is 0 Å². The topological polar surface area (TPSA) is 24.9 Å². The van der Waals surface area contributed by atoms with E-state index >= 15 is 0 Å². The monoisotopic (exact) mass is 258 g/mol. The number of hydrogen-bond acceptors (Lipinski definition) is 3. The van der Waals surface area contributed by atoms with Crippen molar-refractivity contribution in [2.75, 3.05) is 5.32 Å². The predicted molar refractivity (Wildman–Crippen MR) is 77.3 cm³/mol. The minimum atomic E-state index is 0.868. The van der Waals surface area contributed by atoms with Crippen LogP contribution in [0.25, 0.3) is 0 Å². The summed E-state index contributed by atoms with van der Waals surface area (Å²) < 4.78 is 0. The molecule has 1 aliphatic rings. The molecule has 0 amide bonds. The van der Waals surface area contributed by atoms with Crippen molar-refractivity contribution in [2.24, 2.45) is 0 Å². The van der Waals surface area contributed by atoms with E-state index in [4.69, 9.17) is 4.98 Å². The van der Waals surface area contributed by atoms with Gasteiger partial charge in [-0.05, 0) is 38.2 Å². The highest BCUT2D eigenvalue weighted by Gasteiger charge is 2.14. The Morgan fingerprint density at radius 1 is 1.17 bits per heavy atom. The molecule has 18 heavy (non-hydrogen) atoms. The molecule has 0 aliphatic heterocycles. The molecule has 1 heterocycles. The van der Waals surface area contributed by atoms with Crippen LogP contribution in [0.15, 0.2) is 24.3 Å². The Labute approximate surface area is 112 Å². The van der Waals surface area contributed by atoms with E-state index in [0.717, 1.165) is 18.1 Å². The van der Waals surface area contributed by atoms with Crippen LogP contribution in [-0.4, -0.2) is 4.98 Å². The quantitative estimate of drug-likeness (QED) is 0.902. The lowest BCUT2D eigenvalue weighted by Gasteiger charge is -2.06. The zero-order chi connectivity index (χ0) is 12.4. The van der Waals surface area contributed by atoms with Crippen molar-refractivity contribution < 1.29 is 0 Å². The summed E-state index contributed by atoms with van der Waals surface area (Å²) >= 11 is 1.84. The fourth-order valence-electron chi connectivity index (χ4n) is 2.31. The maximum Gasteiger partial charge on any atom is 0.183 e. The maximum absolute atomic E-state index is 4.69. The van der Waals surface area contributed by atoms with E-state index < -0.39 is 0 Å². The zero-order valence-electron chi connectivity index (χ0n) is 10.7. The van der Waals surface area contributed by atoms with Gasteiger partial charge in [-0.25, -0.2) is 4.98 Å². The number of fused-ring (bicyclic) bond motifs is 1. The van der Waals surface area contributed by atoms with Crippen molar-refractivity contribution in [3.05, 3.63) is 46.0 Å². The molecule has 1 N–H and O–H groups in total. The van der Waals surface area contributed by atoms with Crippen LogP contribution >= 0.6 is 11.3 Å². The number of hydrogen-bond donors (Lipinski definition) is 1. The molecule has 0 bridgehead atoms. The molecule has 94 valence electrons. The van der Waals surface area contributed by atoms with Gasteiger partial charge in [0.25, 0.3) is 0 Å². The van der Waals surface area contributed by atoms with E-state index in [1.165, 1.54) is 41.0 Å². The summed E-state index contributed by atoms with van der Waals surface area (Å²) in [6.07, 6.45) is 5.01. The smallest absolute Gasteiger partial charge is 0.183 e. The van der Waals surface area contributed by atoms with E-state index in [9.17, 15) is 0 Å². The van der Waals surface area contributed by atoms with Crippen LogP contribution < -0.4 is 5.32 Å². The third kappa shape index (κ3) is 2.56. The van der Waals surface area contributed by atoms with Gasteiger partial charge in [-0.1, -0.05) is 29.8 Å². The van der Waals surface area contributed by atoms with Gasteiger partial charge in [0.15, 0.2) is 5.13 Å². The van der Waals surface area contributed by atoms with Gasteiger partial charge in [-0.2, -0.15) is 0 Å². The number of aromatic nitrogens is 1. The molecule has 1 aromatic heterocycles. The second kappa shape index (κ2) is 5.11. The average molecular weight is 258 g/mol. The van der Waals surface area contributed by atoms with E-state index in [2.05, 4.69) is 36.5 Å². The molecule has 0 fully saturated rings. The third-order valence-corrected chi connectivity index (χ3v) is 4.53. The van der Waals surface area contributed by atoms with Crippen molar-refractivity contribution in [2.45, 2.75) is 39.2 Å². The summed E-state index contributed by atoms with van der Waals surface area (Å²) in [7, 11) is 0. The second-order valence-electron chi connectivity index (χ2n) is 4.94. The van der Waals surface area contributed by atoms with E-state index in [1.807, 2.05) is 11.3 Å². The second-order valence-corrected chi connectivity index (χ2v) is 6.02. The van der Waals surface area contributed by atoms with Crippen LogP contribution in [-0.2, 0) is 19.4 Å². The molecule has 0 spiro atoms. The van der Waals surface area contributed by atoms with Gasteiger partial charge in [0.2, 0.25) is 0 Å². The zero-order valence-corrected chi connectivity index (χ0v) is 11.5. The molecular formula is C15H18N2S. The van der Waals surface area contributed by atoms with Crippen molar-refractivity contribution in [1.82, 2.24) is 4.98 Å². The first kappa shape index (κ1) is 11.7. The van der Waals surface area contributed by atoms with Crippen molar-refractivity contribution >= 4 is 16.5 Å². The lowest BCUT2D eigenvalue weighted by Crippen LogP contribution is -2.00. The van der Waals surface area contributed by atoms with Crippen LogP contribution in [0.3, 0.4) is 0 Å². The molecule has 2 aromatic rings. The Balaban J connectivity index is 1.66. The summed E-state index contributed by atoms with van der Waals surface area (Å²) in [5, 5.41) is 4.53. The minimum Gasteiger partial charge on any atom is -0.357 e. The van der Waals surface area contributed by atoms with E-state index in [0.29, 0.717) is 0 Å². The molecule has 0 unspecified atom stereocenters. The highest BCUT2D eigenvalue weighted by atomic mass is 32.1. The van der Waals surface area contributed by atoms with Gasteiger partial charge in [0.1, 0.15) is 0 Å². The summed E-state index contributed by atoms with van der Waals surface area (Å²) in [6, 6.07) is 8.67. The molecule has 3 rings (SSSR count). The molecule has 0 atom stereocenters. The Hall–Kier alpha value is -1.35. The summed E-state index contributed by atoms with van der Waals surface area (Å²) in [5.41, 5.74) is 3.95. The normalized spacial score (nSPS) is 14.3. The Morgan fingerprint density at radius 2 is 1.94 bits per heavy atom. The summed E-state index contributed by atoms with van der Waals surface area (Å²) in [6.45, 7) is 2.98. The van der Waals surface area contributed by atoms with Crippen LogP contribution in [0.2, 0.25) is 0 Å². The summed E-state index contributed by atoms with van der Waals surface area (Å²) in [5.74, 6) is 0. The Morgan fingerprint density at radius 3 is 2.72 bits per heavy atom. The van der Waals surface area contributed by atoms with Gasteiger partial charge in [0.05, 0.1) is 5.69 Å². The SMILES string of the molecule is Cc1ccc(CNc2nc3c(s2)CCCC3)cc1. The fourth-order valence-corrected chi connectivity index (χ4v) is 3.36. The molecule has 3 heteroatoms. The number of nitrogens with zero attached hydrogens (tertiary/aromatic N) is 1. The number of aryl methyl sites for hydroxylation is 3. The summed E-state index contributed by atoms with van der Waals surface area (Å²) in [4.78, 5) is 6.18. The largest absolute Gasteiger partial charge is 0.357 e. The van der Waals surface area contributed by atoms with Crippen molar-refractivity contribution in [3.63, 3.8) is 0 Å². The van der Waals surface area contributed by atoms with Gasteiger partial charge < -0.3 is 5.32 Å². The van der Waals surface area contributed by atoms with E-state index in [-0.39, 0.29) is 0 Å². The molecule has 1 aromatic carbocycles. The molecule has 0 saturated heterocycles. The van der Waals surface area contributed by atoms with Crippen LogP contribution in [0.4, 0.5) is 5.13 Å². The first-order valence-corrected chi connectivity index (χ1v) is 7.41. The molecule has 0 radical (unpaired) electrons. The van der Waals surface area contributed by atoms with Crippen LogP contribution in [0.1, 0.15) is 34.5 Å². The molecular weight excluding hydrogens is 240 g/mol. The minimum absolute atomic E-state index is 0.868. The lowest BCUT2D eigenvalue weighted by atomic mass is 10.0.